The van der Waals surface area contributed by atoms with Gasteiger partial charge in [0.15, 0.2) is 0 Å². The number of carbonyl (C=O) groups excluding carboxylic acids is 1. The van der Waals surface area contributed by atoms with Gasteiger partial charge in [-0.15, -0.1) is 0 Å². The van der Waals surface area contributed by atoms with Crippen LogP contribution in [0, 0.1) is 0 Å². The lowest BCUT2D eigenvalue weighted by molar-refractivity contribution is 0.0766. The summed E-state index contributed by atoms with van der Waals surface area (Å²) in [6.45, 7) is 0.963. The van der Waals surface area contributed by atoms with E-state index in [0.717, 1.165) is 11.3 Å². The maximum absolute atomic E-state index is 12.2. The molecular weight excluding hydrogens is 256 g/mol. The number of hydrogen-bond donors (Lipinski definition) is 1. The molecule has 1 amide bonds. The molecule has 0 bridgehead atoms. The van der Waals surface area contributed by atoms with Gasteiger partial charge in [-0.05, 0) is 17.7 Å². The van der Waals surface area contributed by atoms with Crippen molar-refractivity contribution >= 4 is 11.9 Å². The molecule has 2 aromatic rings. The summed E-state index contributed by atoms with van der Waals surface area (Å²) in [5, 5.41) is 0. The molecule has 1 aliphatic rings. The molecule has 0 fully saturated rings. The minimum atomic E-state index is -0.0668. The highest BCUT2D eigenvalue weighted by atomic mass is 16.5. The molecule has 0 spiro atoms. The normalized spacial score (nSPS) is 13.4. The topological polar surface area (TPSA) is 81.3 Å². The van der Waals surface area contributed by atoms with Crippen molar-refractivity contribution in [1.82, 2.24) is 14.9 Å². The molecule has 0 saturated heterocycles. The summed E-state index contributed by atoms with van der Waals surface area (Å²) in [6, 6.07) is 7.64. The number of hydrogen-bond acceptors (Lipinski definition) is 5. The van der Waals surface area contributed by atoms with Crippen LogP contribution in [-0.2, 0) is 13.1 Å². The summed E-state index contributed by atoms with van der Waals surface area (Å²) in [6.07, 6.45) is 1.49. The van der Waals surface area contributed by atoms with Crippen molar-refractivity contribution in [3.05, 3.63) is 47.3 Å². The van der Waals surface area contributed by atoms with Crippen LogP contribution in [0.15, 0.2) is 30.5 Å². The van der Waals surface area contributed by atoms with Crippen molar-refractivity contribution in [2.24, 2.45) is 0 Å². The molecule has 0 unspecified atom stereocenters. The van der Waals surface area contributed by atoms with Gasteiger partial charge < -0.3 is 15.4 Å². The fraction of sp³-hybridized carbons (Fsp3) is 0.214. The van der Waals surface area contributed by atoms with Crippen LogP contribution in [0.1, 0.15) is 21.6 Å². The second kappa shape index (κ2) is 4.80. The van der Waals surface area contributed by atoms with E-state index < -0.39 is 0 Å². The Hall–Kier alpha value is -2.63. The van der Waals surface area contributed by atoms with Gasteiger partial charge >= 0.3 is 0 Å². The quantitative estimate of drug-likeness (QED) is 0.907. The predicted octanol–water partition coefficient (Wildman–Crippen LogP) is 1.22. The van der Waals surface area contributed by atoms with Crippen molar-refractivity contribution in [2.45, 2.75) is 13.1 Å². The van der Waals surface area contributed by atoms with Crippen molar-refractivity contribution in [3.8, 4) is 5.75 Å². The highest BCUT2D eigenvalue weighted by Crippen LogP contribution is 2.23. The van der Waals surface area contributed by atoms with Gasteiger partial charge in [-0.1, -0.05) is 12.1 Å². The third-order valence-corrected chi connectivity index (χ3v) is 3.25. The molecule has 102 valence electrons. The number of anilines is 1. The van der Waals surface area contributed by atoms with E-state index >= 15 is 0 Å². The average Bonchev–Trinajstić information content (AvgIpc) is 2.75. The Bertz CT molecular complexity index is 672. The first kappa shape index (κ1) is 12.4. The van der Waals surface area contributed by atoms with Gasteiger partial charge in [0, 0.05) is 12.7 Å². The first-order valence-corrected chi connectivity index (χ1v) is 6.21. The van der Waals surface area contributed by atoms with Crippen LogP contribution in [0.2, 0.25) is 0 Å². The zero-order valence-corrected chi connectivity index (χ0v) is 11.0. The summed E-state index contributed by atoms with van der Waals surface area (Å²) in [5.74, 6) is 0.901. The SMILES string of the molecule is COc1cccc(CN2Cc3nc(N)ncc3C2=O)c1. The van der Waals surface area contributed by atoms with Gasteiger partial charge in [-0.3, -0.25) is 4.79 Å². The van der Waals surface area contributed by atoms with Crippen LogP contribution < -0.4 is 10.5 Å². The zero-order chi connectivity index (χ0) is 14.1. The number of fused-ring (bicyclic) bond motifs is 1. The lowest BCUT2D eigenvalue weighted by atomic mass is 10.2. The Morgan fingerprint density at radius 1 is 1.45 bits per heavy atom. The summed E-state index contributed by atoms with van der Waals surface area (Å²) in [5.41, 5.74) is 7.76. The number of nitrogens with two attached hydrogens (primary N) is 1. The van der Waals surface area contributed by atoms with E-state index in [0.29, 0.717) is 24.3 Å². The second-order valence-electron chi connectivity index (χ2n) is 4.60. The minimum absolute atomic E-state index is 0.0668. The first-order valence-electron chi connectivity index (χ1n) is 6.21. The number of rotatable bonds is 3. The standard InChI is InChI=1S/C14H14N4O2/c1-20-10-4-2-3-9(5-10)7-18-8-12-11(13(18)19)6-16-14(15)17-12/h2-6H,7-8H2,1H3,(H2,15,16,17). The third kappa shape index (κ3) is 2.16. The molecule has 6 heteroatoms. The Balaban J connectivity index is 1.82. The average molecular weight is 270 g/mol. The molecule has 2 heterocycles. The van der Waals surface area contributed by atoms with E-state index in [-0.39, 0.29) is 11.9 Å². The van der Waals surface area contributed by atoms with Gasteiger partial charge in [0.2, 0.25) is 5.95 Å². The lowest BCUT2D eigenvalue weighted by Crippen LogP contribution is -2.23. The van der Waals surface area contributed by atoms with E-state index in [4.69, 9.17) is 10.5 Å². The zero-order valence-electron chi connectivity index (χ0n) is 11.0. The third-order valence-electron chi connectivity index (χ3n) is 3.25. The van der Waals surface area contributed by atoms with E-state index in [1.54, 1.807) is 12.0 Å². The van der Waals surface area contributed by atoms with Crippen molar-refractivity contribution in [2.75, 3.05) is 12.8 Å². The fourth-order valence-electron chi connectivity index (χ4n) is 2.27. The number of ether oxygens (including phenoxy) is 1. The lowest BCUT2D eigenvalue weighted by Gasteiger charge is -2.15. The Morgan fingerprint density at radius 3 is 3.10 bits per heavy atom. The summed E-state index contributed by atoms with van der Waals surface area (Å²) in [7, 11) is 1.62. The van der Waals surface area contributed by atoms with Crippen LogP contribution in [0.3, 0.4) is 0 Å². The molecule has 1 aromatic heterocycles. The number of aromatic nitrogens is 2. The van der Waals surface area contributed by atoms with Crippen LogP contribution in [0.25, 0.3) is 0 Å². The number of methoxy groups -OCH3 is 1. The molecule has 0 aliphatic carbocycles. The monoisotopic (exact) mass is 270 g/mol. The van der Waals surface area contributed by atoms with E-state index in [9.17, 15) is 4.79 Å². The highest BCUT2D eigenvalue weighted by Gasteiger charge is 2.29. The summed E-state index contributed by atoms with van der Waals surface area (Å²) in [4.78, 5) is 21.9. The van der Waals surface area contributed by atoms with Gasteiger partial charge in [0.25, 0.3) is 5.91 Å². The van der Waals surface area contributed by atoms with Crippen molar-refractivity contribution in [3.63, 3.8) is 0 Å². The van der Waals surface area contributed by atoms with Gasteiger partial charge in [0.05, 0.1) is 24.9 Å². The Morgan fingerprint density at radius 2 is 2.30 bits per heavy atom. The molecule has 1 aliphatic heterocycles. The maximum Gasteiger partial charge on any atom is 0.258 e. The summed E-state index contributed by atoms with van der Waals surface area (Å²) < 4.78 is 5.18. The number of nitrogen functional groups attached to an aromatic ring is 1. The smallest absolute Gasteiger partial charge is 0.258 e. The predicted molar refractivity (Wildman–Crippen MR) is 73.0 cm³/mol. The molecular formula is C14H14N4O2. The van der Waals surface area contributed by atoms with Gasteiger partial charge in [-0.25, -0.2) is 9.97 Å². The number of nitrogens with zero attached hydrogens (tertiary/aromatic N) is 3. The van der Waals surface area contributed by atoms with E-state index in [1.807, 2.05) is 24.3 Å². The molecule has 0 atom stereocenters. The Labute approximate surface area is 116 Å². The van der Waals surface area contributed by atoms with E-state index in [1.165, 1.54) is 6.20 Å². The number of benzene rings is 1. The molecule has 6 nitrogen and oxygen atoms in total. The highest BCUT2D eigenvalue weighted by molar-refractivity contribution is 5.97. The largest absolute Gasteiger partial charge is 0.497 e. The minimum Gasteiger partial charge on any atom is -0.497 e. The Kier molecular flexibility index (Phi) is 2.98. The first-order chi connectivity index (χ1) is 9.67. The molecule has 3 rings (SSSR count). The van der Waals surface area contributed by atoms with Gasteiger partial charge in [-0.2, -0.15) is 0 Å². The molecule has 2 N–H and O–H groups in total. The molecule has 20 heavy (non-hydrogen) atoms. The number of carbonyl (C=O) groups is 1. The second-order valence-corrected chi connectivity index (χ2v) is 4.60. The van der Waals surface area contributed by atoms with Crippen LogP contribution in [-0.4, -0.2) is 27.9 Å². The number of amides is 1. The summed E-state index contributed by atoms with van der Waals surface area (Å²) >= 11 is 0. The maximum atomic E-state index is 12.2. The van der Waals surface area contributed by atoms with Crippen molar-refractivity contribution in [1.29, 1.82) is 0 Å². The molecule has 0 radical (unpaired) electrons. The van der Waals surface area contributed by atoms with Crippen LogP contribution >= 0.6 is 0 Å². The molecule has 1 aromatic carbocycles. The van der Waals surface area contributed by atoms with Crippen LogP contribution in [0.5, 0.6) is 5.75 Å². The van der Waals surface area contributed by atoms with E-state index in [2.05, 4.69) is 9.97 Å². The molecule has 0 saturated carbocycles. The van der Waals surface area contributed by atoms with Crippen LogP contribution in [0.4, 0.5) is 5.95 Å². The fourth-order valence-corrected chi connectivity index (χ4v) is 2.27. The van der Waals surface area contributed by atoms with Crippen molar-refractivity contribution < 1.29 is 9.53 Å². The van der Waals surface area contributed by atoms with Gasteiger partial charge in [0.1, 0.15) is 5.75 Å².